The third kappa shape index (κ3) is 6.18. The number of hydrogen-bond donors (Lipinski definition) is 1. The average molecular weight is 488 g/mol. The fraction of sp³-hybridized carbons (Fsp3) is 0.500. The summed E-state index contributed by atoms with van der Waals surface area (Å²) < 4.78 is 21.5. The lowest BCUT2D eigenvalue weighted by molar-refractivity contribution is -0.121. The third-order valence-electron chi connectivity index (χ3n) is 6.35. The summed E-state index contributed by atoms with van der Waals surface area (Å²) in [6, 6.07) is 5.33. The molecule has 1 saturated heterocycles. The van der Waals surface area contributed by atoms with Crippen LogP contribution in [0, 0.1) is 5.82 Å². The number of oxime groups is 1. The van der Waals surface area contributed by atoms with Gasteiger partial charge in [0.15, 0.2) is 8.32 Å². The van der Waals surface area contributed by atoms with Gasteiger partial charge in [-0.1, -0.05) is 44.1 Å². The van der Waals surface area contributed by atoms with Crippen LogP contribution in [-0.2, 0) is 20.7 Å². The number of benzene rings is 1. The molecule has 0 unspecified atom stereocenters. The van der Waals surface area contributed by atoms with Crippen LogP contribution in [0.4, 0.5) is 10.3 Å². The molecule has 0 bridgehead atoms. The summed E-state index contributed by atoms with van der Waals surface area (Å²) in [7, 11) is -0.400. The Kier molecular flexibility index (Phi) is 8.03. The second-order valence-electron chi connectivity index (χ2n) is 9.87. The lowest BCUT2D eigenvalue weighted by Crippen LogP contribution is -2.48. The Morgan fingerprint density at radius 1 is 1.24 bits per heavy atom. The highest BCUT2D eigenvalue weighted by Crippen LogP contribution is 2.37. The summed E-state index contributed by atoms with van der Waals surface area (Å²) in [5, 5.41) is 6.62. The Morgan fingerprint density at radius 2 is 1.91 bits per heavy atom. The summed E-state index contributed by atoms with van der Waals surface area (Å²) in [6.45, 7) is 12.4. The number of carbonyl (C=O) groups excluding carboxylic acids is 1. The molecule has 1 N–H and O–H groups in total. The van der Waals surface area contributed by atoms with E-state index in [9.17, 15) is 4.79 Å². The van der Waals surface area contributed by atoms with Crippen molar-refractivity contribution >= 4 is 25.9 Å². The lowest BCUT2D eigenvalue weighted by atomic mass is 10.1. The molecule has 1 fully saturated rings. The van der Waals surface area contributed by atoms with Crippen LogP contribution in [-0.4, -0.2) is 56.6 Å². The van der Waals surface area contributed by atoms with Gasteiger partial charge in [0.2, 0.25) is 11.9 Å². The average Bonchev–Trinajstić information content (AvgIpc) is 2.76. The first-order valence-electron chi connectivity index (χ1n) is 11.4. The molecule has 0 saturated carbocycles. The molecule has 1 amide bonds. The van der Waals surface area contributed by atoms with Gasteiger partial charge in [0.25, 0.3) is 0 Å². The van der Waals surface area contributed by atoms with Crippen molar-refractivity contribution in [3.8, 4) is 11.1 Å². The molecule has 0 aliphatic carbocycles. The minimum atomic E-state index is -1.98. The largest absolute Gasteiger partial charge is 0.412 e. The van der Waals surface area contributed by atoms with Gasteiger partial charge in [-0.15, -0.1) is 0 Å². The van der Waals surface area contributed by atoms with Gasteiger partial charge in [0.05, 0.1) is 31.8 Å². The van der Waals surface area contributed by atoms with Crippen LogP contribution in [0.25, 0.3) is 11.1 Å². The molecule has 1 aromatic heterocycles. The zero-order valence-electron chi connectivity index (χ0n) is 20.8. The zero-order chi connectivity index (χ0) is 24.9. The predicted octanol–water partition coefficient (Wildman–Crippen LogP) is 4.13. The molecule has 2 aromatic rings. The van der Waals surface area contributed by atoms with Crippen molar-refractivity contribution in [1.29, 1.82) is 0 Å². The normalized spacial score (nSPS) is 14.0. The molecule has 1 aromatic carbocycles. The number of hydrogen-bond acceptors (Lipinski definition) is 7. The quantitative estimate of drug-likeness (QED) is 0.325. The van der Waals surface area contributed by atoms with Crippen LogP contribution in [0.5, 0.6) is 0 Å². The first-order valence-corrected chi connectivity index (χ1v) is 14.3. The van der Waals surface area contributed by atoms with Crippen LogP contribution >= 0.6 is 0 Å². The highest BCUT2D eigenvalue weighted by molar-refractivity contribution is 6.74. The molecule has 10 heteroatoms. The molecule has 3 rings (SSSR count). The predicted molar refractivity (Wildman–Crippen MR) is 134 cm³/mol. The van der Waals surface area contributed by atoms with E-state index in [1.165, 1.54) is 0 Å². The van der Waals surface area contributed by atoms with E-state index < -0.39 is 8.32 Å². The second kappa shape index (κ2) is 10.6. The van der Waals surface area contributed by atoms with E-state index in [0.717, 1.165) is 5.71 Å². The number of carbonyl (C=O) groups is 1. The van der Waals surface area contributed by atoms with E-state index in [2.05, 4.69) is 54.3 Å². The Labute approximate surface area is 201 Å². The smallest absolute Gasteiger partial charge is 0.225 e. The monoisotopic (exact) mass is 487 g/mol. The highest BCUT2D eigenvalue weighted by atomic mass is 28.4. The molecule has 0 atom stereocenters. The number of nitrogens with one attached hydrogen (secondary N) is 1. The molecule has 1 aliphatic rings. The third-order valence-corrected chi connectivity index (χ3v) is 10.8. The van der Waals surface area contributed by atoms with Crippen molar-refractivity contribution in [2.75, 3.05) is 31.6 Å². The number of nitrogens with zero attached hydrogens (tertiary/aromatic N) is 4. The topological polar surface area (TPSA) is 88.9 Å². The Bertz CT molecular complexity index is 1030. The van der Waals surface area contributed by atoms with E-state index in [-0.39, 0.29) is 36.4 Å². The maximum atomic E-state index is 15.3. The Balaban J connectivity index is 1.59. The van der Waals surface area contributed by atoms with Gasteiger partial charge < -0.3 is 19.5 Å². The van der Waals surface area contributed by atoms with E-state index in [0.29, 0.717) is 35.7 Å². The van der Waals surface area contributed by atoms with Crippen LogP contribution in [0.3, 0.4) is 0 Å². The van der Waals surface area contributed by atoms with Crippen molar-refractivity contribution in [3.63, 3.8) is 0 Å². The minimum absolute atomic E-state index is 0.0594. The Hall–Kier alpha value is -2.85. The Morgan fingerprint density at radius 3 is 2.53 bits per heavy atom. The summed E-state index contributed by atoms with van der Waals surface area (Å²) in [5.41, 5.74) is 2.46. The van der Waals surface area contributed by atoms with Gasteiger partial charge >= 0.3 is 0 Å². The molecule has 0 radical (unpaired) electrons. The second-order valence-corrected chi connectivity index (χ2v) is 14.7. The van der Waals surface area contributed by atoms with Gasteiger partial charge in [-0.05, 0) is 18.1 Å². The summed E-state index contributed by atoms with van der Waals surface area (Å²) in [5.74, 6) is 0.157. The van der Waals surface area contributed by atoms with Gasteiger partial charge in [0, 0.05) is 36.1 Å². The molecule has 2 heterocycles. The molecule has 184 valence electrons. The lowest BCUT2D eigenvalue weighted by Gasteiger charge is -2.36. The zero-order valence-corrected chi connectivity index (χ0v) is 21.8. The van der Waals surface area contributed by atoms with Gasteiger partial charge in [-0.25, -0.2) is 14.4 Å². The molecular formula is C24H34FN5O3Si. The van der Waals surface area contributed by atoms with Crippen molar-refractivity contribution in [2.24, 2.45) is 5.16 Å². The van der Waals surface area contributed by atoms with Crippen LogP contribution in [0.15, 0.2) is 35.7 Å². The molecule has 8 nitrogen and oxygen atoms in total. The number of aromatic nitrogens is 2. The van der Waals surface area contributed by atoms with Crippen molar-refractivity contribution in [2.45, 2.75) is 51.9 Å². The summed E-state index contributed by atoms with van der Waals surface area (Å²) in [6.07, 6.45) is 3.53. The summed E-state index contributed by atoms with van der Waals surface area (Å²) >= 11 is 0. The fourth-order valence-electron chi connectivity index (χ4n) is 3.01. The SMILES string of the molecule is CNC(=O)CCON=C1CN(c2ncc(-c3cccc(CO[Si](C)(C)C(C)(C)C)c3F)cn2)C1. The first-order chi connectivity index (χ1) is 16.0. The summed E-state index contributed by atoms with van der Waals surface area (Å²) in [4.78, 5) is 27.1. The molecule has 0 spiro atoms. The van der Waals surface area contributed by atoms with Crippen molar-refractivity contribution in [1.82, 2.24) is 15.3 Å². The van der Waals surface area contributed by atoms with Gasteiger partial charge in [0.1, 0.15) is 12.4 Å². The van der Waals surface area contributed by atoms with Crippen LogP contribution < -0.4 is 10.2 Å². The van der Waals surface area contributed by atoms with E-state index >= 15 is 4.39 Å². The maximum absolute atomic E-state index is 15.3. The number of anilines is 1. The van der Waals surface area contributed by atoms with E-state index in [4.69, 9.17) is 9.26 Å². The first kappa shape index (κ1) is 25.8. The van der Waals surface area contributed by atoms with Crippen LogP contribution in [0.2, 0.25) is 18.1 Å². The highest BCUT2D eigenvalue weighted by Gasteiger charge is 2.37. The number of rotatable bonds is 9. The van der Waals surface area contributed by atoms with Gasteiger partial charge in [-0.3, -0.25) is 4.79 Å². The number of halogens is 1. The maximum Gasteiger partial charge on any atom is 0.225 e. The molecule has 34 heavy (non-hydrogen) atoms. The minimum Gasteiger partial charge on any atom is -0.412 e. The van der Waals surface area contributed by atoms with E-state index in [1.807, 2.05) is 11.0 Å². The molecular weight excluding hydrogens is 453 g/mol. The van der Waals surface area contributed by atoms with Crippen molar-refractivity contribution < 1.29 is 18.4 Å². The number of amides is 1. The van der Waals surface area contributed by atoms with E-state index in [1.54, 1.807) is 31.6 Å². The van der Waals surface area contributed by atoms with Gasteiger partial charge in [-0.2, -0.15) is 0 Å². The standard InChI is InChI=1S/C24H34FN5O3Si/c1-24(2,3)34(5,6)33-16-17-8-7-9-20(22(17)25)18-12-27-23(28-13-18)30-14-19(15-30)29-32-11-10-21(31)26-4/h7-9,12-13H,10-11,14-16H2,1-6H3,(H,26,31). The van der Waals surface area contributed by atoms with Crippen molar-refractivity contribution in [3.05, 3.63) is 42.0 Å². The fourth-order valence-corrected chi connectivity index (χ4v) is 3.96. The van der Waals surface area contributed by atoms with Crippen LogP contribution in [0.1, 0.15) is 32.8 Å². The molecule has 1 aliphatic heterocycles.